The summed E-state index contributed by atoms with van der Waals surface area (Å²) in [6.45, 7) is 13.2. The van der Waals surface area contributed by atoms with Gasteiger partial charge < -0.3 is 19.9 Å². The Morgan fingerprint density at radius 2 is 1.83 bits per heavy atom. The maximum atomic E-state index is 13.7. The van der Waals surface area contributed by atoms with E-state index in [0.717, 1.165) is 61.7 Å². The van der Waals surface area contributed by atoms with E-state index in [-0.39, 0.29) is 29.0 Å². The van der Waals surface area contributed by atoms with E-state index in [1.165, 1.54) is 24.6 Å². The van der Waals surface area contributed by atoms with Crippen molar-refractivity contribution in [3.05, 3.63) is 71.2 Å². The lowest BCUT2D eigenvalue weighted by Gasteiger charge is -2.34. The summed E-state index contributed by atoms with van der Waals surface area (Å²) in [4.78, 5) is 44.7. The first-order valence-corrected chi connectivity index (χ1v) is 17.5. The van der Waals surface area contributed by atoms with E-state index < -0.39 is 0 Å². The van der Waals surface area contributed by atoms with Crippen LogP contribution in [0.2, 0.25) is 0 Å². The number of aromatic nitrogens is 3. The van der Waals surface area contributed by atoms with Crippen LogP contribution in [0.25, 0.3) is 0 Å². The van der Waals surface area contributed by atoms with Gasteiger partial charge in [-0.3, -0.25) is 14.5 Å². The number of anilines is 2. The summed E-state index contributed by atoms with van der Waals surface area (Å²) in [5, 5.41) is 4.39. The first-order chi connectivity index (χ1) is 22.4. The molecule has 0 aliphatic carbocycles. The molecule has 10 nitrogen and oxygen atoms in total. The minimum atomic E-state index is -0.256. The van der Waals surface area contributed by atoms with E-state index in [4.69, 9.17) is 19.7 Å². The molecule has 250 valence electrons. The van der Waals surface area contributed by atoms with Crippen LogP contribution in [0, 0.1) is 5.92 Å². The topological polar surface area (TPSA) is 113 Å². The van der Waals surface area contributed by atoms with Crippen molar-refractivity contribution in [1.29, 1.82) is 0 Å². The van der Waals surface area contributed by atoms with Crippen LogP contribution in [0.15, 0.2) is 53.7 Å². The number of piperidine rings is 1. The summed E-state index contributed by atoms with van der Waals surface area (Å²) in [6.07, 6.45) is 6.30. The van der Waals surface area contributed by atoms with E-state index in [1.807, 2.05) is 36.5 Å². The van der Waals surface area contributed by atoms with E-state index in [9.17, 15) is 9.59 Å². The summed E-state index contributed by atoms with van der Waals surface area (Å²) in [5.74, 6) is 2.09. The highest BCUT2D eigenvalue weighted by molar-refractivity contribution is 7.97. The van der Waals surface area contributed by atoms with Crippen molar-refractivity contribution in [1.82, 2.24) is 24.6 Å². The molecule has 2 fully saturated rings. The Hall–Kier alpha value is -3.86. The molecule has 3 aromatic rings. The zero-order chi connectivity index (χ0) is 33.3. The second-order valence-electron chi connectivity index (χ2n) is 14.7. The van der Waals surface area contributed by atoms with Crippen LogP contribution in [-0.4, -0.2) is 64.1 Å². The summed E-state index contributed by atoms with van der Waals surface area (Å²) in [5.41, 5.74) is 3.48. The standard InChI is InChI=1S/C36H47N7O3S/c1-35(2,3)29-13-11-26-32(39-29)43-22-23(21-36(43,4)5)10-12-27(38-30-8-7-9-31(40-30)47-41-33(26)44)28-20-25(14-17-37-28)24-15-18-42(19-16-24)34(45)46-6/h7-9,11,13-14,17,20,23-24,27H,10,12,15-16,18-19,21-22H2,1-6H3,(H,38,40)(H,41,44). The Morgan fingerprint density at radius 1 is 1.04 bits per heavy atom. The number of pyridine rings is 3. The summed E-state index contributed by atoms with van der Waals surface area (Å²) >= 11 is 1.21. The second-order valence-corrected chi connectivity index (χ2v) is 15.6. The number of hydrogen-bond donors (Lipinski definition) is 2. The predicted octanol–water partition coefficient (Wildman–Crippen LogP) is 7.10. The second kappa shape index (κ2) is 13.3. The van der Waals surface area contributed by atoms with Crippen LogP contribution in [-0.2, 0) is 10.2 Å². The van der Waals surface area contributed by atoms with E-state index in [1.54, 1.807) is 4.90 Å². The van der Waals surface area contributed by atoms with Gasteiger partial charge in [0.05, 0.1) is 24.4 Å². The fourth-order valence-electron chi connectivity index (χ4n) is 7.22. The van der Waals surface area contributed by atoms with Crippen LogP contribution in [0.3, 0.4) is 0 Å². The highest BCUT2D eigenvalue weighted by Gasteiger charge is 2.41. The predicted molar refractivity (Wildman–Crippen MR) is 186 cm³/mol. The van der Waals surface area contributed by atoms with Crippen molar-refractivity contribution in [2.45, 2.75) is 94.7 Å². The molecule has 2 saturated heterocycles. The number of nitrogens with zero attached hydrogens (tertiary/aromatic N) is 5. The maximum absolute atomic E-state index is 13.7. The molecule has 2 amide bonds. The molecule has 0 spiro atoms. The molecule has 0 saturated carbocycles. The Kier molecular flexibility index (Phi) is 9.38. The first-order valence-electron chi connectivity index (χ1n) is 16.7. The number of methoxy groups -OCH3 is 1. The molecule has 2 atom stereocenters. The van der Waals surface area contributed by atoms with Gasteiger partial charge in [0.2, 0.25) is 0 Å². The van der Waals surface area contributed by atoms with Crippen LogP contribution in [0.1, 0.15) is 106 Å². The number of rotatable bonds is 2. The average molecular weight is 658 g/mol. The van der Waals surface area contributed by atoms with Crippen molar-refractivity contribution in [3.8, 4) is 0 Å². The molecule has 3 aliphatic heterocycles. The van der Waals surface area contributed by atoms with Crippen LogP contribution in [0.5, 0.6) is 0 Å². The largest absolute Gasteiger partial charge is 0.453 e. The molecule has 6 rings (SSSR count). The lowest BCUT2D eigenvalue weighted by molar-refractivity contribution is 0.0984. The molecular formula is C36H47N7O3S. The van der Waals surface area contributed by atoms with Crippen LogP contribution < -0.4 is 14.9 Å². The maximum Gasteiger partial charge on any atom is 0.409 e. The smallest absolute Gasteiger partial charge is 0.409 e. The SMILES string of the molecule is COC(=O)N1CCC(c2ccnc(C3CCC4CN(c5nc(C(C)(C)C)ccc5C(=O)NSc5cccc(n5)N3)C(C)(C)C4)c2)CC1. The van der Waals surface area contributed by atoms with Gasteiger partial charge in [-0.1, -0.05) is 26.8 Å². The molecule has 47 heavy (non-hydrogen) atoms. The van der Waals surface area contributed by atoms with E-state index >= 15 is 0 Å². The zero-order valence-corrected chi connectivity index (χ0v) is 29.2. The first kappa shape index (κ1) is 33.1. The summed E-state index contributed by atoms with van der Waals surface area (Å²) in [7, 11) is 1.44. The van der Waals surface area contributed by atoms with Crippen molar-refractivity contribution in [3.63, 3.8) is 0 Å². The van der Waals surface area contributed by atoms with Crippen LogP contribution >= 0.6 is 11.9 Å². The molecule has 3 aliphatic rings. The monoisotopic (exact) mass is 657 g/mol. The zero-order valence-electron chi connectivity index (χ0n) is 28.4. The van der Waals surface area contributed by atoms with Gasteiger partial charge in [-0.25, -0.2) is 14.8 Å². The van der Waals surface area contributed by atoms with Gasteiger partial charge in [-0.05, 0) is 99.7 Å². The highest BCUT2D eigenvalue weighted by Crippen LogP contribution is 2.41. The number of amides is 2. The van der Waals surface area contributed by atoms with Crippen molar-refractivity contribution >= 4 is 35.6 Å². The normalized spacial score (nSPS) is 22.0. The average Bonchev–Trinajstić information content (AvgIpc) is 3.37. The van der Waals surface area contributed by atoms with Gasteiger partial charge in [-0.15, -0.1) is 0 Å². The van der Waals surface area contributed by atoms with E-state index in [2.05, 4.69) is 61.7 Å². The minimum absolute atomic E-state index is 0.0485. The fraction of sp³-hybridized carbons (Fsp3) is 0.528. The molecular weight excluding hydrogens is 611 g/mol. The third-order valence-corrected chi connectivity index (χ3v) is 10.5. The van der Waals surface area contributed by atoms with Gasteiger partial charge >= 0.3 is 6.09 Å². The van der Waals surface area contributed by atoms with Crippen LogP contribution in [0.4, 0.5) is 16.4 Å². The molecule has 3 aromatic heterocycles. The molecule has 6 heterocycles. The minimum Gasteiger partial charge on any atom is -0.453 e. The van der Waals surface area contributed by atoms with Gasteiger partial charge in [0, 0.05) is 54.4 Å². The van der Waals surface area contributed by atoms with Crippen molar-refractivity contribution in [2.75, 3.05) is 37.0 Å². The number of fused-ring (bicyclic) bond motifs is 6. The third-order valence-electron chi connectivity index (χ3n) is 9.82. The third kappa shape index (κ3) is 7.35. The number of carbonyl (C=O) groups is 2. The van der Waals surface area contributed by atoms with E-state index in [0.29, 0.717) is 35.5 Å². The molecule has 2 unspecified atom stereocenters. The Bertz CT molecular complexity index is 1620. The lowest BCUT2D eigenvalue weighted by Crippen LogP contribution is -2.40. The Balaban J connectivity index is 1.31. The molecule has 2 N–H and O–H groups in total. The van der Waals surface area contributed by atoms with Gasteiger partial charge in [0.15, 0.2) is 0 Å². The summed E-state index contributed by atoms with van der Waals surface area (Å²) in [6, 6.07) is 14.0. The summed E-state index contributed by atoms with van der Waals surface area (Å²) < 4.78 is 7.97. The lowest BCUT2D eigenvalue weighted by atomic mass is 9.88. The molecule has 0 aromatic carbocycles. The van der Waals surface area contributed by atoms with Crippen molar-refractivity contribution < 1.29 is 14.3 Å². The highest BCUT2D eigenvalue weighted by atomic mass is 32.2. The van der Waals surface area contributed by atoms with Gasteiger partial charge in [0.25, 0.3) is 5.91 Å². The number of ether oxygens (including phenoxy) is 1. The fourth-order valence-corrected chi connectivity index (χ4v) is 7.82. The number of likely N-dealkylation sites (tertiary alicyclic amines) is 1. The number of nitrogens with one attached hydrogen (secondary N) is 2. The number of carbonyl (C=O) groups excluding carboxylic acids is 2. The molecule has 4 bridgehead atoms. The molecule has 0 radical (unpaired) electrons. The quantitative estimate of drug-likeness (QED) is 0.279. The Labute approximate surface area is 282 Å². The Morgan fingerprint density at radius 3 is 2.57 bits per heavy atom. The van der Waals surface area contributed by atoms with Gasteiger partial charge in [0.1, 0.15) is 16.7 Å². The number of hydrogen-bond acceptors (Lipinski definition) is 9. The molecule has 11 heteroatoms. The van der Waals surface area contributed by atoms with Gasteiger partial charge in [-0.2, -0.15) is 0 Å². The van der Waals surface area contributed by atoms with Crippen molar-refractivity contribution in [2.24, 2.45) is 5.92 Å².